The van der Waals surface area contributed by atoms with Gasteiger partial charge in [-0.15, -0.1) is 0 Å². The maximum absolute atomic E-state index is 13.1. The maximum Gasteiger partial charge on any atom is 0.291 e. The van der Waals surface area contributed by atoms with E-state index in [2.05, 4.69) is 17.3 Å². The summed E-state index contributed by atoms with van der Waals surface area (Å²) in [7, 11) is 0. The quantitative estimate of drug-likeness (QED) is 0.628. The van der Waals surface area contributed by atoms with Gasteiger partial charge in [-0.1, -0.05) is 6.92 Å². The minimum Gasteiger partial charge on any atom is -0.494 e. The predicted octanol–water partition coefficient (Wildman–Crippen LogP) is 0.907. The van der Waals surface area contributed by atoms with Gasteiger partial charge in [0, 0.05) is 31.3 Å². The molecule has 2 aliphatic carbocycles. The van der Waals surface area contributed by atoms with Crippen LogP contribution >= 0.6 is 0 Å². The van der Waals surface area contributed by atoms with Gasteiger partial charge in [-0.05, 0) is 43.6 Å². The average molecular weight is 453 g/mol. The van der Waals surface area contributed by atoms with E-state index in [1.807, 2.05) is 0 Å². The molecule has 174 valence electrons. The number of aromatic nitrogens is 3. The molecule has 0 radical (unpaired) electrons. The second-order valence-corrected chi connectivity index (χ2v) is 10.2. The first-order valence-electron chi connectivity index (χ1n) is 11.6. The number of hydrogen-bond donors (Lipinski definition) is 2. The molecule has 4 heterocycles. The Balaban J connectivity index is 1.36. The molecule has 2 saturated heterocycles. The second-order valence-electron chi connectivity index (χ2n) is 10.2. The van der Waals surface area contributed by atoms with Crippen LogP contribution < -0.4 is 10.9 Å². The van der Waals surface area contributed by atoms with Crippen molar-refractivity contribution in [3.8, 4) is 5.88 Å². The molecule has 2 bridgehead atoms. The van der Waals surface area contributed by atoms with Crippen molar-refractivity contribution in [3.05, 3.63) is 33.8 Å². The van der Waals surface area contributed by atoms with E-state index in [9.17, 15) is 19.5 Å². The van der Waals surface area contributed by atoms with Crippen LogP contribution in [-0.4, -0.2) is 67.3 Å². The van der Waals surface area contributed by atoms with Gasteiger partial charge in [0.25, 0.3) is 11.5 Å². The zero-order valence-electron chi connectivity index (χ0n) is 18.5. The van der Waals surface area contributed by atoms with Crippen LogP contribution in [0.5, 0.6) is 5.88 Å². The Labute approximate surface area is 189 Å². The molecule has 2 N–H and O–H groups in total. The summed E-state index contributed by atoms with van der Waals surface area (Å²) in [6, 6.07) is 1.83. The van der Waals surface area contributed by atoms with Gasteiger partial charge in [-0.25, -0.2) is 0 Å². The Morgan fingerprint density at radius 2 is 2.15 bits per heavy atom. The van der Waals surface area contributed by atoms with Gasteiger partial charge in [-0.3, -0.25) is 19.0 Å². The van der Waals surface area contributed by atoms with Crippen molar-refractivity contribution < 1.29 is 19.4 Å². The smallest absolute Gasteiger partial charge is 0.291 e. The minimum atomic E-state index is -0.669. The highest BCUT2D eigenvalue weighted by molar-refractivity contribution is 5.96. The Bertz CT molecular complexity index is 1250. The summed E-state index contributed by atoms with van der Waals surface area (Å²) in [6.45, 7) is 3.74. The highest BCUT2D eigenvalue weighted by Crippen LogP contribution is 2.47. The number of amides is 2. The third-order valence-electron chi connectivity index (χ3n) is 7.23. The number of aromatic hydroxyl groups is 1. The highest BCUT2D eigenvalue weighted by Gasteiger charge is 2.41. The molecule has 10 nitrogen and oxygen atoms in total. The standard InChI is InChI=1S/C23H27N5O5/c1-23(6-7-23)12-27-17-8-14(4-5-18(29)26-10-16-9-15(26)11-33-16)25-28(17)22(32)19(21(27)31)20(30)24-13-2-3-13/h4-5,8,13,15-16,31H,2-3,6-7,9-12H2,1H3,(H,24,30)/b5-4+/t15-,16-/m1/s1. The van der Waals surface area contributed by atoms with Crippen LogP contribution in [0.25, 0.3) is 11.7 Å². The molecule has 6 rings (SSSR count). The van der Waals surface area contributed by atoms with Gasteiger partial charge in [-0.2, -0.15) is 9.61 Å². The molecule has 33 heavy (non-hydrogen) atoms. The van der Waals surface area contributed by atoms with Crippen molar-refractivity contribution in [2.24, 2.45) is 5.41 Å². The van der Waals surface area contributed by atoms with Crippen LogP contribution in [0.15, 0.2) is 16.9 Å². The molecule has 2 aromatic rings. The number of rotatable bonds is 6. The number of carbonyl (C=O) groups is 2. The fourth-order valence-corrected chi connectivity index (χ4v) is 4.77. The van der Waals surface area contributed by atoms with Gasteiger partial charge < -0.3 is 20.1 Å². The Morgan fingerprint density at radius 1 is 1.36 bits per heavy atom. The second kappa shape index (κ2) is 7.18. The normalized spacial score (nSPS) is 25.3. The van der Waals surface area contributed by atoms with Crippen molar-refractivity contribution >= 4 is 23.5 Å². The molecule has 0 aromatic carbocycles. The van der Waals surface area contributed by atoms with E-state index >= 15 is 0 Å². The highest BCUT2D eigenvalue weighted by atomic mass is 16.5. The third-order valence-corrected chi connectivity index (χ3v) is 7.23. The summed E-state index contributed by atoms with van der Waals surface area (Å²) in [4.78, 5) is 40.3. The topological polar surface area (TPSA) is 118 Å². The number of fused-ring (bicyclic) bond motifs is 3. The van der Waals surface area contributed by atoms with E-state index in [1.165, 1.54) is 6.08 Å². The van der Waals surface area contributed by atoms with Crippen LogP contribution in [0.4, 0.5) is 0 Å². The van der Waals surface area contributed by atoms with Gasteiger partial charge in [0.1, 0.15) is 5.65 Å². The molecule has 10 heteroatoms. The number of morpholine rings is 1. The summed E-state index contributed by atoms with van der Waals surface area (Å²) in [5.74, 6) is -1.03. The zero-order valence-corrected chi connectivity index (χ0v) is 18.5. The lowest BCUT2D eigenvalue weighted by atomic mass is 10.1. The fraction of sp³-hybridized carbons (Fsp3) is 0.565. The SMILES string of the molecule is CC1(Cn2c(O)c(C(=O)NC3CC3)c(=O)n3nc(/C=C/C(=O)N4C[C@H]5C[C@@H]4CO5)cc23)CC1. The Kier molecular flexibility index (Phi) is 4.45. The van der Waals surface area contributed by atoms with Gasteiger partial charge in [0.15, 0.2) is 5.56 Å². The van der Waals surface area contributed by atoms with Crippen LogP contribution in [0.2, 0.25) is 0 Å². The molecule has 2 aliphatic heterocycles. The third kappa shape index (κ3) is 3.62. The maximum atomic E-state index is 13.1. The van der Waals surface area contributed by atoms with E-state index in [0.29, 0.717) is 31.0 Å². The monoisotopic (exact) mass is 453 g/mol. The summed E-state index contributed by atoms with van der Waals surface area (Å²) in [5, 5.41) is 18.1. The Morgan fingerprint density at radius 3 is 2.79 bits per heavy atom. The number of carbonyl (C=O) groups excluding carboxylic acids is 2. The largest absolute Gasteiger partial charge is 0.494 e. The van der Waals surface area contributed by atoms with Crippen LogP contribution in [-0.2, 0) is 16.1 Å². The van der Waals surface area contributed by atoms with Crippen molar-refractivity contribution in [1.82, 2.24) is 24.4 Å². The molecule has 2 saturated carbocycles. The molecule has 0 unspecified atom stereocenters. The lowest BCUT2D eigenvalue weighted by Crippen LogP contribution is -2.40. The van der Waals surface area contributed by atoms with E-state index in [-0.39, 0.29) is 41.0 Å². The summed E-state index contributed by atoms with van der Waals surface area (Å²) in [6.07, 6.45) is 7.78. The van der Waals surface area contributed by atoms with Crippen LogP contribution in [0.3, 0.4) is 0 Å². The fourth-order valence-electron chi connectivity index (χ4n) is 4.77. The van der Waals surface area contributed by atoms with E-state index < -0.39 is 11.5 Å². The summed E-state index contributed by atoms with van der Waals surface area (Å²) < 4.78 is 8.30. The lowest BCUT2D eigenvalue weighted by molar-refractivity contribution is -0.130. The van der Waals surface area contributed by atoms with Crippen LogP contribution in [0, 0.1) is 5.41 Å². The zero-order chi connectivity index (χ0) is 22.9. The minimum absolute atomic E-state index is 0.00462. The van der Waals surface area contributed by atoms with Crippen molar-refractivity contribution in [3.63, 3.8) is 0 Å². The predicted molar refractivity (Wildman–Crippen MR) is 118 cm³/mol. The first-order valence-corrected chi connectivity index (χ1v) is 11.6. The van der Waals surface area contributed by atoms with Gasteiger partial charge in [0.05, 0.1) is 24.4 Å². The first-order chi connectivity index (χ1) is 15.8. The first kappa shape index (κ1) is 20.5. The number of nitrogens with zero attached hydrogens (tertiary/aromatic N) is 4. The summed E-state index contributed by atoms with van der Waals surface area (Å²) in [5.41, 5.74) is -0.145. The van der Waals surface area contributed by atoms with E-state index in [1.54, 1.807) is 21.6 Å². The summed E-state index contributed by atoms with van der Waals surface area (Å²) >= 11 is 0. The number of nitrogens with one attached hydrogen (secondary N) is 1. The number of hydrogen-bond acceptors (Lipinski definition) is 6. The molecule has 4 fully saturated rings. The van der Waals surface area contributed by atoms with E-state index in [0.717, 1.165) is 36.6 Å². The number of likely N-dealkylation sites (tertiary alicyclic amines) is 1. The molecule has 4 aliphatic rings. The van der Waals surface area contributed by atoms with Gasteiger partial charge >= 0.3 is 0 Å². The van der Waals surface area contributed by atoms with Crippen molar-refractivity contribution in [1.29, 1.82) is 0 Å². The lowest BCUT2D eigenvalue weighted by Gasteiger charge is -2.25. The molecular weight excluding hydrogens is 426 g/mol. The van der Waals surface area contributed by atoms with Crippen molar-refractivity contribution in [2.75, 3.05) is 13.2 Å². The van der Waals surface area contributed by atoms with E-state index in [4.69, 9.17) is 4.74 Å². The van der Waals surface area contributed by atoms with Gasteiger partial charge in [0.2, 0.25) is 11.8 Å². The molecular formula is C23H27N5O5. The molecule has 2 atom stereocenters. The molecule has 2 aromatic heterocycles. The van der Waals surface area contributed by atoms with Crippen molar-refractivity contribution in [2.45, 2.75) is 63.8 Å². The van der Waals surface area contributed by atoms with Crippen LogP contribution in [0.1, 0.15) is 55.1 Å². The molecule has 0 spiro atoms. The number of ether oxygens (including phenoxy) is 1. The average Bonchev–Trinajstić information content (AvgIpc) is 3.57. The Hall–Kier alpha value is -3.14. The molecule has 2 amide bonds.